The molecule has 1 N–H and O–H groups in total. The monoisotopic (exact) mass is 368 g/mol. The van der Waals surface area contributed by atoms with Gasteiger partial charge in [-0.25, -0.2) is 4.98 Å². The first-order valence-corrected chi connectivity index (χ1v) is 9.30. The van der Waals surface area contributed by atoms with E-state index in [1.807, 2.05) is 35.4 Å². The van der Waals surface area contributed by atoms with Crippen molar-refractivity contribution in [2.24, 2.45) is 0 Å². The molecule has 2 amide bonds. The van der Waals surface area contributed by atoms with Crippen LogP contribution < -0.4 is 10.2 Å². The topological polar surface area (TPSA) is 83.4 Å². The van der Waals surface area contributed by atoms with Crippen LogP contribution in [0.25, 0.3) is 0 Å². The number of fused-ring (bicyclic) bond motifs is 1. The molecule has 2 aliphatic heterocycles. The Balaban J connectivity index is 1.53. The second-order valence-corrected chi connectivity index (χ2v) is 7.17. The van der Waals surface area contributed by atoms with Gasteiger partial charge in [-0.05, 0) is 26.0 Å². The van der Waals surface area contributed by atoms with Gasteiger partial charge in [0.05, 0.1) is 17.3 Å². The van der Waals surface area contributed by atoms with Crippen LogP contribution in [0, 0.1) is 6.92 Å². The zero-order valence-corrected chi connectivity index (χ0v) is 15.9. The Morgan fingerprint density at radius 2 is 2.07 bits per heavy atom. The Labute approximate surface area is 158 Å². The average molecular weight is 368 g/mol. The number of piperidine rings is 1. The lowest BCUT2D eigenvalue weighted by Gasteiger charge is -2.50. The first-order valence-electron chi connectivity index (χ1n) is 9.30. The highest BCUT2D eigenvalue weighted by atomic mass is 16.2. The van der Waals surface area contributed by atoms with Crippen LogP contribution in [0.4, 0.5) is 5.82 Å². The summed E-state index contributed by atoms with van der Waals surface area (Å²) >= 11 is 0. The van der Waals surface area contributed by atoms with Crippen molar-refractivity contribution >= 4 is 17.6 Å². The number of carbonyl (C=O) groups is 2. The zero-order chi connectivity index (χ0) is 19.2. The second kappa shape index (κ2) is 6.37. The maximum atomic E-state index is 12.9. The van der Waals surface area contributed by atoms with Crippen LogP contribution in [-0.2, 0) is 6.54 Å². The first-order chi connectivity index (χ1) is 13.0. The van der Waals surface area contributed by atoms with Gasteiger partial charge in [-0.3, -0.25) is 14.3 Å². The number of nitrogens with zero attached hydrogens (tertiary/aromatic N) is 5. The third-order valence-electron chi connectivity index (χ3n) is 5.85. The van der Waals surface area contributed by atoms with Gasteiger partial charge in [0.1, 0.15) is 11.5 Å². The van der Waals surface area contributed by atoms with Crippen molar-refractivity contribution in [1.29, 1.82) is 0 Å². The van der Waals surface area contributed by atoms with Crippen molar-refractivity contribution in [3.8, 4) is 0 Å². The van der Waals surface area contributed by atoms with Crippen molar-refractivity contribution in [2.45, 2.75) is 38.9 Å². The predicted molar refractivity (Wildman–Crippen MR) is 101 cm³/mol. The summed E-state index contributed by atoms with van der Waals surface area (Å²) in [5.41, 5.74) is 1.63. The number of hydrogen-bond acceptors (Lipinski definition) is 5. The van der Waals surface area contributed by atoms with E-state index >= 15 is 0 Å². The van der Waals surface area contributed by atoms with E-state index < -0.39 is 5.66 Å². The van der Waals surface area contributed by atoms with Crippen molar-refractivity contribution < 1.29 is 9.59 Å². The molecule has 1 spiro atoms. The van der Waals surface area contributed by atoms with E-state index in [1.54, 1.807) is 24.5 Å². The number of likely N-dealkylation sites (tertiary alicyclic amines) is 1. The number of pyridine rings is 1. The lowest BCUT2D eigenvalue weighted by molar-refractivity contribution is 0.0607. The van der Waals surface area contributed by atoms with Crippen LogP contribution in [0.1, 0.15) is 46.2 Å². The summed E-state index contributed by atoms with van der Waals surface area (Å²) in [5.74, 6) is 0.600. The Kier molecular flexibility index (Phi) is 4.13. The summed E-state index contributed by atoms with van der Waals surface area (Å²) in [6, 6.07) is 3.55. The molecule has 0 saturated carbocycles. The third kappa shape index (κ3) is 2.67. The fourth-order valence-corrected chi connectivity index (χ4v) is 4.09. The van der Waals surface area contributed by atoms with E-state index in [4.69, 9.17) is 0 Å². The molecule has 142 valence electrons. The van der Waals surface area contributed by atoms with Crippen molar-refractivity contribution in [3.05, 3.63) is 41.3 Å². The van der Waals surface area contributed by atoms with Crippen molar-refractivity contribution in [2.75, 3.05) is 25.0 Å². The normalized spacial score (nSPS) is 18.4. The number of carbonyl (C=O) groups excluding carboxylic acids is 2. The highest BCUT2D eigenvalue weighted by molar-refractivity contribution is 6.01. The first kappa shape index (κ1) is 17.5. The van der Waals surface area contributed by atoms with E-state index in [0.717, 1.165) is 12.2 Å². The van der Waals surface area contributed by atoms with Crippen molar-refractivity contribution in [1.82, 2.24) is 25.0 Å². The summed E-state index contributed by atoms with van der Waals surface area (Å²) in [6.07, 6.45) is 4.66. The maximum absolute atomic E-state index is 12.9. The van der Waals surface area contributed by atoms with Gasteiger partial charge in [0.25, 0.3) is 11.8 Å². The largest absolute Gasteiger partial charge is 0.338 e. The molecule has 1 saturated heterocycles. The van der Waals surface area contributed by atoms with Crippen LogP contribution in [0.5, 0.6) is 0 Å². The van der Waals surface area contributed by atoms with Crippen LogP contribution in [0.15, 0.2) is 24.5 Å². The van der Waals surface area contributed by atoms with Crippen LogP contribution in [-0.4, -0.2) is 57.3 Å². The molecule has 0 unspecified atom stereocenters. The number of nitrogens with one attached hydrogen (secondary N) is 1. The van der Waals surface area contributed by atoms with E-state index in [0.29, 0.717) is 42.9 Å². The average Bonchev–Trinajstić information content (AvgIpc) is 3.07. The summed E-state index contributed by atoms with van der Waals surface area (Å²) in [7, 11) is 1.96. The van der Waals surface area contributed by atoms with Gasteiger partial charge in [0, 0.05) is 51.4 Å². The molecule has 0 bridgehead atoms. The number of rotatable bonds is 2. The molecule has 0 atom stereocenters. The Morgan fingerprint density at radius 1 is 1.33 bits per heavy atom. The molecule has 0 radical (unpaired) electrons. The fourth-order valence-electron chi connectivity index (χ4n) is 4.09. The van der Waals surface area contributed by atoms with Crippen LogP contribution in [0.2, 0.25) is 0 Å². The molecule has 8 nitrogen and oxygen atoms in total. The highest BCUT2D eigenvalue weighted by Gasteiger charge is 2.45. The Morgan fingerprint density at radius 3 is 2.74 bits per heavy atom. The van der Waals surface area contributed by atoms with E-state index in [-0.39, 0.29) is 11.8 Å². The minimum atomic E-state index is -0.502. The number of hydrogen-bond donors (Lipinski definition) is 1. The van der Waals surface area contributed by atoms with Gasteiger partial charge in [-0.1, -0.05) is 0 Å². The summed E-state index contributed by atoms with van der Waals surface area (Å²) < 4.78 is 1.83. The molecule has 1 fully saturated rings. The lowest BCUT2D eigenvalue weighted by Crippen LogP contribution is -2.67. The van der Waals surface area contributed by atoms with E-state index in [2.05, 4.69) is 15.4 Å². The predicted octanol–water partition coefficient (Wildman–Crippen LogP) is 1.42. The fraction of sp³-hybridized carbons (Fsp3) is 0.474. The zero-order valence-electron chi connectivity index (χ0n) is 15.9. The van der Waals surface area contributed by atoms with Gasteiger partial charge in [0.2, 0.25) is 0 Å². The molecule has 4 rings (SSSR count). The Bertz CT molecular complexity index is 897. The minimum Gasteiger partial charge on any atom is -0.338 e. The molecule has 2 aromatic heterocycles. The molecule has 0 aliphatic carbocycles. The quantitative estimate of drug-likeness (QED) is 0.867. The number of aryl methyl sites for hydroxylation is 1. The van der Waals surface area contributed by atoms with Gasteiger partial charge in [-0.15, -0.1) is 0 Å². The molecular weight excluding hydrogens is 344 g/mol. The number of aromatic nitrogens is 3. The summed E-state index contributed by atoms with van der Waals surface area (Å²) in [5, 5.41) is 7.43. The van der Waals surface area contributed by atoms with Gasteiger partial charge >= 0.3 is 0 Å². The smallest absolute Gasteiger partial charge is 0.257 e. The van der Waals surface area contributed by atoms with Crippen LogP contribution in [0.3, 0.4) is 0 Å². The molecule has 4 heterocycles. The molecule has 27 heavy (non-hydrogen) atoms. The lowest BCUT2D eigenvalue weighted by atomic mass is 9.91. The van der Waals surface area contributed by atoms with Gasteiger partial charge < -0.3 is 15.1 Å². The number of amides is 2. The third-order valence-corrected chi connectivity index (χ3v) is 5.85. The highest BCUT2D eigenvalue weighted by Crippen LogP contribution is 2.35. The SMILES string of the molecule is CCn1ncc(C(=O)N2CCC3(CC2)NC(=O)c2cccnc2N3C)c1C. The Hall–Kier alpha value is -2.90. The molecule has 0 aromatic carbocycles. The van der Waals surface area contributed by atoms with Gasteiger partial charge in [0.15, 0.2) is 0 Å². The molecule has 8 heteroatoms. The van der Waals surface area contributed by atoms with E-state index in [9.17, 15) is 9.59 Å². The van der Waals surface area contributed by atoms with Crippen LogP contribution >= 0.6 is 0 Å². The second-order valence-electron chi connectivity index (χ2n) is 7.17. The minimum absolute atomic E-state index is 0.00497. The van der Waals surface area contributed by atoms with Gasteiger partial charge in [-0.2, -0.15) is 5.10 Å². The van der Waals surface area contributed by atoms with E-state index in [1.165, 1.54) is 0 Å². The number of anilines is 1. The summed E-state index contributed by atoms with van der Waals surface area (Å²) in [4.78, 5) is 33.8. The molecule has 2 aliphatic rings. The summed E-state index contributed by atoms with van der Waals surface area (Å²) in [6.45, 7) is 5.81. The van der Waals surface area contributed by atoms with Crippen molar-refractivity contribution in [3.63, 3.8) is 0 Å². The molecule has 2 aromatic rings. The maximum Gasteiger partial charge on any atom is 0.257 e. The molecular formula is C19H24N6O2. The standard InChI is InChI=1S/C19H24N6O2/c1-4-25-13(2)15(12-21-25)18(27)24-10-7-19(8-11-24)22-17(26)14-6-5-9-20-16(14)23(19)3/h5-6,9,12H,4,7-8,10-11H2,1-3H3,(H,22,26).